The van der Waals surface area contributed by atoms with Gasteiger partial charge < -0.3 is 10.2 Å². The van der Waals surface area contributed by atoms with Crippen LogP contribution in [0.3, 0.4) is 0 Å². The van der Waals surface area contributed by atoms with E-state index < -0.39 is 9.84 Å². The first-order valence-corrected chi connectivity index (χ1v) is 10.6. The topological polar surface area (TPSA) is 66.5 Å². The molecule has 0 aromatic heterocycles. The molecule has 2 saturated heterocycles. The first-order valence-electron chi connectivity index (χ1n) is 8.83. The van der Waals surface area contributed by atoms with Crippen molar-refractivity contribution in [2.24, 2.45) is 5.92 Å². The van der Waals surface area contributed by atoms with E-state index >= 15 is 0 Å². The van der Waals surface area contributed by atoms with E-state index in [1.807, 2.05) is 4.90 Å². The fraction of sp³-hybridized carbons (Fsp3) is 0.938. The van der Waals surface area contributed by atoms with Crippen molar-refractivity contribution in [1.29, 1.82) is 0 Å². The van der Waals surface area contributed by atoms with Gasteiger partial charge in [0.15, 0.2) is 9.84 Å². The standard InChI is InChI=1S/C16H28N2O3S/c19-16(17-14-8-5-11-22(20,21)12-14)18-10-4-9-15(18)13-6-2-1-3-7-13/h13-15H,1-12H2,(H,17,19). The Morgan fingerprint density at radius 2 is 1.73 bits per heavy atom. The molecule has 0 radical (unpaired) electrons. The highest BCUT2D eigenvalue weighted by atomic mass is 32.2. The van der Waals surface area contributed by atoms with Crippen molar-refractivity contribution in [1.82, 2.24) is 10.2 Å². The lowest BCUT2D eigenvalue weighted by Gasteiger charge is -2.35. The van der Waals surface area contributed by atoms with Gasteiger partial charge in [0.25, 0.3) is 0 Å². The van der Waals surface area contributed by atoms with E-state index in [0.29, 0.717) is 18.4 Å². The Morgan fingerprint density at radius 3 is 2.45 bits per heavy atom. The van der Waals surface area contributed by atoms with Crippen LogP contribution in [0.1, 0.15) is 57.8 Å². The molecule has 3 aliphatic rings. The summed E-state index contributed by atoms with van der Waals surface area (Å²) in [5.74, 6) is 1.03. The van der Waals surface area contributed by atoms with Gasteiger partial charge in [0.1, 0.15) is 0 Å². The van der Waals surface area contributed by atoms with Crippen LogP contribution in [0.15, 0.2) is 0 Å². The molecule has 2 amide bonds. The molecule has 1 saturated carbocycles. The number of amides is 2. The number of nitrogens with one attached hydrogen (secondary N) is 1. The molecule has 22 heavy (non-hydrogen) atoms. The molecule has 126 valence electrons. The molecule has 2 unspecified atom stereocenters. The van der Waals surface area contributed by atoms with Crippen molar-refractivity contribution in [3.05, 3.63) is 0 Å². The molecule has 3 rings (SSSR count). The number of likely N-dealkylation sites (tertiary alicyclic amines) is 1. The van der Waals surface area contributed by atoms with Crippen LogP contribution in [0.2, 0.25) is 0 Å². The van der Waals surface area contributed by atoms with Crippen LogP contribution in [0.25, 0.3) is 0 Å². The summed E-state index contributed by atoms with van der Waals surface area (Å²) in [6, 6.07) is 0.148. The molecule has 2 atom stereocenters. The summed E-state index contributed by atoms with van der Waals surface area (Å²) in [5, 5.41) is 2.99. The van der Waals surface area contributed by atoms with Gasteiger partial charge in [-0.1, -0.05) is 19.3 Å². The van der Waals surface area contributed by atoms with Crippen LogP contribution in [-0.2, 0) is 9.84 Å². The molecule has 0 aromatic rings. The van der Waals surface area contributed by atoms with E-state index in [1.54, 1.807) is 0 Å². The highest BCUT2D eigenvalue weighted by molar-refractivity contribution is 7.91. The van der Waals surface area contributed by atoms with Gasteiger partial charge in [-0.25, -0.2) is 13.2 Å². The van der Waals surface area contributed by atoms with Gasteiger partial charge in [-0.3, -0.25) is 0 Å². The Hall–Kier alpha value is -0.780. The minimum absolute atomic E-state index is 0.0322. The van der Waals surface area contributed by atoms with Crippen molar-refractivity contribution >= 4 is 15.9 Å². The minimum Gasteiger partial charge on any atom is -0.334 e. The number of sulfone groups is 1. The van der Waals surface area contributed by atoms with Gasteiger partial charge in [0, 0.05) is 18.6 Å². The molecular formula is C16H28N2O3S. The predicted octanol–water partition coefficient (Wildman–Crippen LogP) is 2.32. The predicted molar refractivity (Wildman–Crippen MR) is 86.5 cm³/mol. The zero-order valence-electron chi connectivity index (χ0n) is 13.3. The van der Waals surface area contributed by atoms with E-state index in [1.165, 1.54) is 32.1 Å². The van der Waals surface area contributed by atoms with E-state index in [2.05, 4.69) is 5.32 Å². The summed E-state index contributed by atoms with van der Waals surface area (Å²) >= 11 is 0. The van der Waals surface area contributed by atoms with Crippen LogP contribution >= 0.6 is 0 Å². The summed E-state index contributed by atoms with van der Waals surface area (Å²) in [6.07, 6.45) is 10.0. The maximum Gasteiger partial charge on any atom is 0.317 e. The lowest BCUT2D eigenvalue weighted by Crippen LogP contribution is -2.51. The Bertz CT molecular complexity index is 500. The van der Waals surface area contributed by atoms with Crippen molar-refractivity contribution in [3.8, 4) is 0 Å². The van der Waals surface area contributed by atoms with Crippen molar-refractivity contribution < 1.29 is 13.2 Å². The van der Waals surface area contributed by atoms with Crippen LogP contribution in [0.5, 0.6) is 0 Å². The molecule has 2 aliphatic heterocycles. The van der Waals surface area contributed by atoms with Gasteiger partial charge in [-0.15, -0.1) is 0 Å². The first kappa shape index (κ1) is 16.1. The highest BCUT2D eigenvalue weighted by Gasteiger charge is 2.36. The quantitative estimate of drug-likeness (QED) is 0.846. The largest absolute Gasteiger partial charge is 0.334 e. The zero-order chi connectivity index (χ0) is 15.6. The first-order chi connectivity index (χ1) is 10.6. The Kier molecular flexibility index (Phi) is 4.95. The van der Waals surface area contributed by atoms with Crippen LogP contribution in [-0.4, -0.2) is 49.5 Å². The average Bonchev–Trinajstić information content (AvgIpc) is 2.96. The van der Waals surface area contributed by atoms with E-state index in [-0.39, 0.29) is 23.6 Å². The maximum absolute atomic E-state index is 12.6. The number of urea groups is 1. The summed E-state index contributed by atoms with van der Waals surface area (Å²) in [4.78, 5) is 14.6. The summed E-state index contributed by atoms with van der Waals surface area (Å²) in [7, 11) is -2.97. The number of carbonyl (C=O) groups is 1. The second-order valence-electron chi connectivity index (χ2n) is 7.20. The molecule has 6 heteroatoms. The van der Waals surface area contributed by atoms with Crippen LogP contribution < -0.4 is 5.32 Å². The number of carbonyl (C=O) groups excluding carboxylic acids is 1. The van der Waals surface area contributed by atoms with Gasteiger partial charge in [0.05, 0.1) is 11.5 Å². The van der Waals surface area contributed by atoms with Gasteiger partial charge in [-0.2, -0.15) is 0 Å². The molecular weight excluding hydrogens is 300 g/mol. The number of hydrogen-bond acceptors (Lipinski definition) is 3. The second-order valence-corrected chi connectivity index (χ2v) is 9.43. The Balaban J connectivity index is 1.58. The number of hydrogen-bond donors (Lipinski definition) is 1. The molecule has 0 spiro atoms. The van der Waals surface area contributed by atoms with Gasteiger partial charge >= 0.3 is 6.03 Å². The number of nitrogens with zero attached hydrogens (tertiary/aromatic N) is 1. The molecule has 0 aromatic carbocycles. The molecule has 2 heterocycles. The minimum atomic E-state index is -2.97. The molecule has 1 N–H and O–H groups in total. The lowest BCUT2D eigenvalue weighted by molar-refractivity contribution is 0.153. The Labute approximate surface area is 133 Å². The monoisotopic (exact) mass is 328 g/mol. The van der Waals surface area contributed by atoms with E-state index in [4.69, 9.17) is 0 Å². The van der Waals surface area contributed by atoms with Crippen LogP contribution in [0.4, 0.5) is 4.79 Å². The third kappa shape index (κ3) is 3.76. The molecule has 0 bridgehead atoms. The van der Waals surface area contributed by atoms with Crippen LogP contribution in [0, 0.1) is 5.92 Å². The van der Waals surface area contributed by atoms with Gasteiger partial charge in [0.2, 0.25) is 0 Å². The summed E-state index contributed by atoms with van der Waals surface area (Å²) < 4.78 is 23.4. The van der Waals surface area contributed by atoms with Crippen molar-refractivity contribution in [2.75, 3.05) is 18.1 Å². The normalized spacial score (nSPS) is 32.8. The van der Waals surface area contributed by atoms with E-state index in [9.17, 15) is 13.2 Å². The number of rotatable bonds is 2. The van der Waals surface area contributed by atoms with E-state index in [0.717, 1.165) is 25.8 Å². The fourth-order valence-electron chi connectivity index (χ4n) is 4.45. The lowest BCUT2D eigenvalue weighted by atomic mass is 9.83. The zero-order valence-corrected chi connectivity index (χ0v) is 14.1. The SMILES string of the molecule is O=C(NC1CCCS(=O)(=O)C1)N1CCCC1C1CCCCC1. The molecule has 3 fully saturated rings. The summed E-state index contributed by atoms with van der Waals surface area (Å²) in [5.41, 5.74) is 0. The molecule has 5 nitrogen and oxygen atoms in total. The highest BCUT2D eigenvalue weighted by Crippen LogP contribution is 2.34. The fourth-order valence-corrected chi connectivity index (χ4v) is 6.08. The molecule has 1 aliphatic carbocycles. The summed E-state index contributed by atoms with van der Waals surface area (Å²) in [6.45, 7) is 0.826. The Morgan fingerprint density at radius 1 is 0.955 bits per heavy atom. The maximum atomic E-state index is 12.6. The van der Waals surface area contributed by atoms with Crippen molar-refractivity contribution in [2.45, 2.75) is 69.9 Å². The smallest absolute Gasteiger partial charge is 0.317 e. The third-order valence-electron chi connectivity index (χ3n) is 5.54. The van der Waals surface area contributed by atoms with Crippen molar-refractivity contribution in [3.63, 3.8) is 0 Å². The second kappa shape index (κ2) is 6.77. The third-order valence-corrected chi connectivity index (χ3v) is 7.37. The van der Waals surface area contributed by atoms with Gasteiger partial charge in [-0.05, 0) is 44.4 Å². The average molecular weight is 328 g/mol.